The van der Waals surface area contributed by atoms with Gasteiger partial charge in [-0.3, -0.25) is 20.2 Å². The van der Waals surface area contributed by atoms with Crippen LogP contribution >= 0.6 is 0 Å². The molecule has 1 aliphatic heterocycles. The van der Waals surface area contributed by atoms with Crippen LogP contribution < -0.4 is 10.6 Å². The van der Waals surface area contributed by atoms with Crippen LogP contribution in [0.25, 0.3) is 0 Å². The summed E-state index contributed by atoms with van der Waals surface area (Å²) in [6, 6.07) is 16.6. The minimum atomic E-state index is -1.56. The number of imide groups is 2. The molecule has 0 aliphatic carbocycles. The molecule has 5 nitrogen and oxygen atoms in total. The summed E-state index contributed by atoms with van der Waals surface area (Å²) in [7, 11) is 0. The molecular weight excluding hydrogens is 307 g/mol. The average Bonchev–Trinajstić information content (AvgIpc) is 2.49. The molecule has 2 aromatic carbocycles. The van der Waals surface area contributed by atoms with E-state index in [0.29, 0.717) is 11.1 Å². The maximum atomic E-state index is 12.5. The first kappa shape index (κ1) is 17.0. The number of nitrogens with one attached hydrogen (secondary N) is 2. The molecule has 0 bridgehead atoms. The molecule has 1 radical (unpaired) electrons. The van der Waals surface area contributed by atoms with E-state index < -0.39 is 23.3 Å². The SMILES string of the molecule is O=C1NC(=O)C(c2ccccc2)(c2ccccc2)C(=O)N1.[K]. The van der Waals surface area contributed by atoms with Gasteiger partial charge in [-0.15, -0.1) is 0 Å². The number of barbiturate groups is 1. The van der Waals surface area contributed by atoms with Crippen LogP contribution in [0, 0.1) is 0 Å². The number of carbonyl (C=O) groups excluding carboxylic acids is 3. The van der Waals surface area contributed by atoms with E-state index in [2.05, 4.69) is 10.6 Å². The van der Waals surface area contributed by atoms with Crippen LogP contribution in [0.3, 0.4) is 0 Å². The van der Waals surface area contributed by atoms with Crippen molar-refractivity contribution in [1.29, 1.82) is 0 Å². The zero-order valence-corrected chi connectivity index (χ0v) is 15.1. The van der Waals surface area contributed by atoms with E-state index in [1.165, 1.54) is 0 Å². The maximum absolute atomic E-state index is 12.5. The third-order valence-electron chi connectivity index (χ3n) is 3.55. The second-order valence-electron chi connectivity index (χ2n) is 4.72. The van der Waals surface area contributed by atoms with Crippen molar-refractivity contribution in [3.63, 3.8) is 0 Å². The molecule has 2 N–H and O–H groups in total. The minimum Gasteiger partial charge on any atom is -0.276 e. The first-order valence-corrected chi connectivity index (χ1v) is 6.43. The Bertz CT molecular complexity index is 655. The van der Waals surface area contributed by atoms with Gasteiger partial charge < -0.3 is 0 Å². The molecule has 1 fully saturated rings. The number of amides is 4. The largest absolute Gasteiger partial charge is 0.328 e. The first-order chi connectivity index (χ1) is 10.2. The average molecular weight is 319 g/mol. The van der Waals surface area contributed by atoms with E-state index >= 15 is 0 Å². The minimum absolute atomic E-state index is 0. The fourth-order valence-electron chi connectivity index (χ4n) is 2.60. The van der Waals surface area contributed by atoms with Crippen LogP contribution in [0.5, 0.6) is 0 Å². The van der Waals surface area contributed by atoms with Crippen LogP contribution in [0.1, 0.15) is 11.1 Å². The molecule has 1 saturated heterocycles. The number of rotatable bonds is 2. The van der Waals surface area contributed by atoms with Crippen molar-refractivity contribution in [3.8, 4) is 0 Å². The van der Waals surface area contributed by atoms with Crippen molar-refractivity contribution in [2.45, 2.75) is 5.41 Å². The Morgan fingerprint density at radius 1 is 0.636 bits per heavy atom. The van der Waals surface area contributed by atoms with Crippen molar-refractivity contribution >= 4 is 69.2 Å². The van der Waals surface area contributed by atoms with E-state index in [0.717, 1.165) is 0 Å². The van der Waals surface area contributed by atoms with Crippen molar-refractivity contribution in [2.75, 3.05) is 0 Å². The molecule has 1 heterocycles. The second-order valence-corrected chi connectivity index (χ2v) is 4.72. The Balaban J connectivity index is 0.00000176. The summed E-state index contributed by atoms with van der Waals surface area (Å²) >= 11 is 0. The number of benzene rings is 2. The molecule has 0 saturated carbocycles. The fraction of sp³-hybridized carbons (Fsp3) is 0.0625. The van der Waals surface area contributed by atoms with E-state index in [9.17, 15) is 14.4 Å². The third-order valence-corrected chi connectivity index (χ3v) is 3.55. The van der Waals surface area contributed by atoms with Gasteiger partial charge in [-0.25, -0.2) is 4.79 Å². The number of hydrogen-bond acceptors (Lipinski definition) is 3. The Kier molecular flexibility index (Phi) is 5.31. The summed E-state index contributed by atoms with van der Waals surface area (Å²) in [5.74, 6) is -1.29. The molecule has 0 spiro atoms. The summed E-state index contributed by atoms with van der Waals surface area (Å²) in [4.78, 5) is 36.5. The van der Waals surface area contributed by atoms with Gasteiger partial charge in [-0.05, 0) is 11.1 Å². The molecule has 1 aliphatic rings. The summed E-state index contributed by atoms with van der Waals surface area (Å²) in [6.07, 6.45) is 0. The first-order valence-electron chi connectivity index (χ1n) is 6.43. The standard InChI is InChI=1S/C16H12N2O3.K/c19-13-16(11-7-3-1-4-8-11,12-9-5-2-6-10-12)14(20)18-15(21)17-13;/h1-10H,(H2,17,18,19,20,21);. The van der Waals surface area contributed by atoms with Crippen LogP contribution in [0.15, 0.2) is 60.7 Å². The Morgan fingerprint density at radius 3 is 1.36 bits per heavy atom. The summed E-state index contributed by atoms with van der Waals surface area (Å²) in [5.41, 5.74) is -0.534. The smallest absolute Gasteiger partial charge is 0.276 e. The van der Waals surface area contributed by atoms with E-state index in [1.807, 2.05) is 0 Å². The predicted molar refractivity (Wildman–Crippen MR) is 81.1 cm³/mol. The van der Waals surface area contributed by atoms with Gasteiger partial charge in [0.15, 0.2) is 5.41 Å². The van der Waals surface area contributed by atoms with Gasteiger partial charge in [0.2, 0.25) is 0 Å². The topological polar surface area (TPSA) is 75.3 Å². The van der Waals surface area contributed by atoms with Crippen molar-refractivity contribution < 1.29 is 14.4 Å². The zero-order chi connectivity index (χ0) is 14.9. The van der Waals surface area contributed by atoms with E-state index in [-0.39, 0.29) is 51.4 Å². The fourth-order valence-corrected chi connectivity index (χ4v) is 2.60. The zero-order valence-electron chi connectivity index (χ0n) is 12.0. The normalized spacial score (nSPS) is 16.3. The second kappa shape index (κ2) is 6.85. The van der Waals surface area contributed by atoms with E-state index in [4.69, 9.17) is 0 Å². The molecule has 0 atom stereocenters. The maximum Gasteiger partial charge on any atom is 0.328 e. The van der Waals surface area contributed by atoms with Crippen molar-refractivity contribution in [2.24, 2.45) is 0 Å². The van der Waals surface area contributed by atoms with Gasteiger partial charge in [-0.2, -0.15) is 0 Å². The number of hydrogen-bond donors (Lipinski definition) is 2. The van der Waals surface area contributed by atoms with Crippen LogP contribution in [-0.2, 0) is 15.0 Å². The van der Waals surface area contributed by atoms with Crippen LogP contribution in [0.2, 0.25) is 0 Å². The summed E-state index contributed by atoms with van der Waals surface area (Å²) in [5, 5.41) is 4.38. The van der Waals surface area contributed by atoms with Gasteiger partial charge in [0.1, 0.15) is 0 Å². The number of urea groups is 1. The molecule has 105 valence electrons. The molecule has 6 heteroatoms. The molecule has 2 aromatic rings. The van der Waals surface area contributed by atoms with Gasteiger partial charge in [0, 0.05) is 51.4 Å². The third kappa shape index (κ3) is 2.68. The quantitative estimate of drug-likeness (QED) is 0.639. The predicted octanol–water partition coefficient (Wildman–Crippen LogP) is 0.958. The van der Waals surface area contributed by atoms with Crippen molar-refractivity contribution in [1.82, 2.24) is 10.6 Å². The van der Waals surface area contributed by atoms with Crippen molar-refractivity contribution in [3.05, 3.63) is 71.8 Å². The Labute approximate surface area is 169 Å². The Morgan fingerprint density at radius 2 is 1.00 bits per heavy atom. The summed E-state index contributed by atoms with van der Waals surface area (Å²) in [6.45, 7) is 0. The van der Waals surface area contributed by atoms with Gasteiger partial charge >= 0.3 is 6.03 Å². The monoisotopic (exact) mass is 319 g/mol. The van der Waals surface area contributed by atoms with Crippen LogP contribution in [0.4, 0.5) is 4.79 Å². The van der Waals surface area contributed by atoms with E-state index in [1.54, 1.807) is 60.7 Å². The van der Waals surface area contributed by atoms with Gasteiger partial charge in [0.05, 0.1) is 0 Å². The van der Waals surface area contributed by atoms with Gasteiger partial charge in [-0.1, -0.05) is 60.7 Å². The number of carbonyl (C=O) groups is 3. The molecule has 0 aromatic heterocycles. The van der Waals surface area contributed by atoms with Gasteiger partial charge in [0.25, 0.3) is 11.8 Å². The molecule has 0 unspecified atom stereocenters. The molecular formula is C16H12KN2O3. The molecule has 4 amide bonds. The molecule has 3 rings (SSSR count). The Hall–Kier alpha value is -1.31. The summed E-state index contributed by atoms with van der Waals surface area (Å²) < 4.78 is 0. The van der Waals surface area contributed by atoms with Crippen LogP contribution in [-0.4, -0.2) is 69.2 Å². The molecule has 22 heavy (non-hydrogen) atoms.